The van der Waals surface area contributed by atoms with E-state index >= 15 is 0 Å². The van der Waals surface area contributed by atoms with Crippen LogP contribution >= 0.6 is 0 Å². The summed E-state index contributed by atoms with van der Waals surface area (Å²) in [5.74, 6) is -0.142. The van der Waals surface area contributed by atoms with Crippen LogP contribution < -0.4 is 10.1 Å². The molecule has 1 N–H and O–H groups in total. The predicted molar refractivity (Wildman–Crippen MR) is 92.3 cm³/mol. The number of aryl methyl sites for hydroxylation is 1. The zero-order valence-electron chi connectivity index (χ0n) is 14.0. The van der Waals surface area contributed by atoms with Gasteiger partial charge in [0.15, 0.2) is 6.10 Å². The molecule has 0 radical (unpaired) electrons. The van der Waals surface area contributed by atoms with Crippen molar-refractivity contribution in [2.75, 3.05) is 12.4 Å². The van der Waals surface area contributed by atoms with Gasteiger partial charge in [0, 0.05) is 0 Å². The van der Waals surface area contributed by atoms with Crippen molar-refractivity contribution in [3.8, 4) is 5.75 Å². The zero-order valence-corrected chi connectivity index (χ0v) is 14.0. The fourth-order valence-corrected chi connectivity index (χ4v) is 2.26. The number of rotatable bonds is 6. The molecule has 0 saturated carbocycles. The number of amides is 1. The van der Waals surface area contributed by atoms with Crippen LogP contribution in [0.2, 0.25) is 0 Å². The number of nitrogens with one attached hydrogen (secondary N) is 1. The number of ether oxygens (including phenoxy) is 2. The van der Waals surface area contributed by atoms with Crippen molar-refractivity contribution in [1.82, 2.24) is 0 Å². The van der Waals surface area contributed by atoms with Crippen molar-refractivity contribution in [1.29, 1.82) is 0 Å². The molecule has 2 rings (SSSR count). The van der Waals surface area contributed by atoms with Crippen molar-refractivity contribution in [3.63, 3.8) is 0 Å². The van der Waals surface area contributed by atoms with Crippen molar-refractivity contribution in [2.45, 2.75) is 26.4 Å². The molecule has 2 aromatic rings. The third-order valence-electron chi connectivity index (χ3n) is 3.62. The van der Waals surface area contributed by atoms with Crippen LogP contribution in [0.4, 0.5) is 5.69 Å². The Labute approximate surface area is 141 Å². The highest BCUT2D eigenvalue weighted by Gasteiger charge is 2.21. The molecule has 2 aromatic carbocycles. The summed E-state index contributed by atoms with van der Waals surface area (Å²) in [5, 5.41) is 2.75. The summed E-state index contributed by atoms with van der Waals surface area (Å²) < 4.78 is 10.6. The number of carbonyl (C=O) groups is 2. The van der Waals surface area contributed by atoms with Crippen molar-refractivity contribution < 1.29 is 19.1 Å². The summed E-state index contributed by atoms with van der Waals surface area (Å²) in [6.45, 7) is 3.79. The van der Waals surface area contributed by atoms with E-state index in [-0.39, 0.29) is 5.91 Å². The van der Waals surface area contributed by atoms with Gasteiger partial charge in [-0.25, -0.2) is 4.79 Å². The molecule has 5 heteroatoms. The molecule has 5 nitrogen and oxygen atoms in total. The maximum absolute atomic E-state index is 12.5. The monoisotopic (exact) mass is 327 g/mol. The van der Waals surface area contributed by atoms with Gasteiger partial charge in [0.25, 0.3) is 5.91 Å². The molecule has 0 fully saturated rings. The van der Waals surface area contributed by atoms with E-state index in [4.69, 9.17) is 9.47 Å². The third kappa shape index (κ3) is 4.13. The smallest absolute Gasteiger partial charge is 0.339 e. The molecular formula is C19H21NO4. The Morgan fingerprint density at radius 3 is 2.42 bits per heavy atom. The first-order chi connectivity index (χ1) is 11.6. The number of carbonyl (C=O) groups excluding carboxylic acids is 2. The first-order valence-electron chi connectivity index (χ1n) is 7.77. The van der Waals surface area contributed by atoms with Crippen LogP contribution in [-0.2, 0) is 9.53 Å². The summed E-state index contributed by atoms with van der Waals surface area (Å²) in [6, 6.07) is 14.2. The molecule has 0 heterocycles. The van der Waals surface area contributed by atoms with E-state index < -0.39 is 12.1 Å². The summed E-state index contributed by atoms with van der Waals surface area (Å²) >= 11 is 0. The highest BCUT2D eigenvalue weighted by atomic mass is 16.5. The van der Waals surface area contributed by atoms with Gasteiger partial charge in [0.1, 0.15) is 5.75 Å². The van der Waals surface area contributed by atoms with E-state index in [9.17, 15) is 9.59 Å². The standard InChI is InChI=1S/C19H21NO4/c1-4-16(24-17-12-8-5-9-13(17)2)18(21)20-15-11-7-6-10-14(15)19(22)23-3/h5-12,16H,4H2,1-3H3,(H,20,21)/t16-/m0/s1. The van der Waals surface area contributed by atoms with Gasteiger partial charge >= 0.3 is 5.97 Å². The van der Waals surface area contributed by atoms with Crippen molar-refractivity contribution >= 4 is 17.6 Å². The summed E-state index contributed by atoms with van der Waals surface area (Å²) in [4.78, 5) is 24.3. The van der Waals surface area contributed by atoms with Crippen LogP contribution in [0.3, 0.4) is 0 Å². The molecule has 126 valence electrons. The molecule has 0 saturated heterocycles. The van der Waals surface area contributed by atoms with Crippen LogP contribution in [0.5, 0.6) is 5.75 Å². The Morgan fingerprint density at radius 1 is 1.08 bits per heavy atom. The third-order valence-corrected chi connectivity index (χ3v) is 3.62. The Balaban J connectivity index is 2.16. The number of hydrogen-bond acceptors (Lipinski definition) is 4. The van der Waals surface area contributed by atoms with Crippen LogP contribution in [0.25, 0.3) is 0 Å². The van der Waals surface area contributed by atoms with E-state index in [0.717, 1.165) is 5.56 Å². The second-order valence-corrected chi connectivity index (χ2v) is 5.31. The number of hydrogen-bond donors (Lipinski definition) is 1. The molecule has 0 spiro atoms. The molecule has 24 heavy (non-hydrogen) atoms. The second kappa shape index (κ2) is 8.15. The lowest BCUT2D eigenvalue weighted by atomic mass is 10.1. The minimum absolute atomic E-state index is 0.305. The molecule has 1 atom stereocenters. The molecule has 0 aliphatic heterocycles. The first kappa shape index (κ1) is 17.5. The number of para-hydroxylation sites is 2. The summed E-state index contributed by atoms with van der Waals surface area (Å²) in [7, 11) is 1.30. The fourth-order valence-electron chi connectivity index (χ4n) is 2.26. The Hall–Kier alpha value is -2.82. The summed E-state index contributed by atoms with van der Waals surface area (Å²) in [5.41, 5.74) is 1.67. The molecule has 0 aliphatic rings. The number of anilines is 1. The number of esters is 1. The van der Waals surface area contributed by atoms with Crippen molar-refractivity contribution in [2.24, 2.45) is 0 Å². The molecule has 0 unspecified atom stereocenters. The van der Waals surface area contributed by atoms with E-state index in [0.29, 0.717) is 23.4 Å². The van der Waals surface area contributed by atoms with E-state index in [1.165, 1.54) is 7.11 Å². The Morgan fingerprint density at radius 2 is 1.75 bits per heavy atom. The lowest BCUT2D eigenvalue weighted by Crippen LogP contribution is -2.33. The molecule has 0 bridgehead atoms. The highest BCUT2D eigenvalue weighted by molar-refractivity contribution is 6.02. The minimum Gasteiger partial charge on any atom is -0.480 e. The quantitative estimate of drug-likeness (QED) is 0.824. The normalized spacial score (nSPS) is 11.5. The zero-order chi connectivity index (χ0) is 17.5. The van der Waals surface area contributed by atoms with Gasteiger partial charge < -0.3 is 14.8 Å². The lowest BCUT2D eigenvalue weighted by molar-refractivity contribution is -0.122. The molecular weight excluding hydrogens is 306 g/mol. The minimum atomic E-state index is -0.656. The number of methoxy groups -OCH3 is 1. The van der Waals surface area contributed by atoms with Gasteiger partial charge in [-0.2, -0.15) is 0 Å². The van der Waals surface area contributed by atoms with Gasteiger partial charge in [-0.1, -0.05) is 37.3 Å². The maximum atomic E-state index is 12.5. The summed E-state index contributed by atoms with van der Waals surface area (Å²) in [6.07, 6.45) is -0.155. The Bertz CT molecular complexity index is 727. The lowest BCUT2D eigenvalue weighted by Gasteiger charge is -2.19. The molecule has 0 aliphatic carbocycles. The average molecular weight is 327 g/mol. The fraction of sp³-hybridized carbons (Fsp3) is 0.263. The average Bonchev–Trinajstić information content (AvgIpc) is 2.60. The van der Waals surface area contributed by atoms with Crippen LogP contribution in [0, 0.1) is 6.92 Å². The van der Waals surface area contributed by atoms with Crippen molar-refractivity contribution in [3.05, 3.63) is 59.7 Å². The van der Waals surface area contributed by atoms with E-state index in [1.54, 1.807) is 24.3 Å². The first-order valence-corrected chi connectivity index (χ1v) is 7.77. The second-order valence-electron chi connectivity index (χ2n) is 5.31. The largest absolute Gasteiger partial charge is 0.480 e. The van der Waals surface area contributed by atoms with Crippen LogP contribution in [0.15, 0.2) is 48.5 Å². The maximum Gasteiger partial charge on any atom is 0.339 e. The van der Waals surface area contributed by atoms with Gasteiger partial charge in [-0.3, -0.25) is 4.79 Å². The SMILES string of the molecule is CC[C@H](Oc1ccccc1C)C(=O)Nc1ccccc1C(=O)OC. The van der Waals surface area contributed by atoms with Gasteiger partial charge in [0.05, 0.1) is 18.4 Å². The van der Waals surface area contributed by atoms with E-state index in [2.05, 4.69) is 5.32 Å². The van der Waals surface area contributed by atoms with E-state index in [1.807, 2.05) is 38.1 Å². The van der Waals surface area contributed by atoms with Gasteiger partial charge in [-0.15, -0.1) is 0 Å². The topological polar surface area (TPSA) is 64.6 Å². The Kier molecular flexibility index (Phi) is 5.95. The van der Waals surface area contributed by atoms with Crippen LogP contribution in [0.1, 0.15) is 29.3 Å². The molecule has 0 aromatic heterocycles. The van der Waals surface area contributed by atoms with Gasteiger partial charge in [-0.05, 0) is 37.1 Å². The molecule has 1 amide bonds. The van der Waals surface area contributed by atoms with Gasteiger partial charge in [0.2, 0.25) is 0 Å². The predicted octanol–water partition coefficient (Wildman–Crippen LogP) is 3.58. The van der Waals surface area contributed by atoms with Crippen LogP contribution in [-0.4, -0.2) is 25.1 Å². The highest BCUT2D eigenvalue weighted by Crippen LogP contribution is 2.21. The number of benzene rings is 2.